The van der Waals surface area contributed by atoms with E-state index >= 15 is 0 Å². The monoisotopic (exact) mass is 308 g/mol. The van der Waals surface area contributed by atoms with Crippen molar-refractivity contribution in [2.45, 2.75) is 110 Å². The molecule has 0 unspecified atom stereocenters. The molecule has 2 nitrogen and oxygen atoms in total. The van der Waals surface area contributed by atoms with E-state index in [-0.39, 0.29) is 23.1 Å². The Hall–Kier alpha value is 0.236. The Labute approximate surface area is 148 Å². The molecule has 0 aliphatic heterocycles. The van der Waals surface area contributed by atoms with Gasteiger partial charge in [-0.3, -0.25) is 4.79 Å². The Kier molecular flexibility index (Phi) is 22.6. The first-order valence-corrected chi connectivity index (χ1v) is 8.99. The minimum atomic E-state index is -0.653. The number of unbranched alkanes of at least 4 members (excludes halogenated alkanes) is 14. The highest BCUT2D eigenvalue weighted by Crippen LogP contribution is 2.13. The number of hydrogen-bond donors (Lipinski definition) is 1. The minimum absolute atomic E-state index is 0. The summed E-state index contributed by atoms with van der Waals surface area (Å²) in [6.45, 7) is 2.27. The van der Waals surface area contributed by atoms with Crippen molar-refractivity contribution in [3.63, 3.8) is 0 Å². The molecule has 0 fully saturated rings. The minimum Gasteiger partial charge on any atom is -0.481 e. The van der Waals surface area contributed by atoms with Crippen LogP contribution in [0.15, 0.2) is 0 Å². The van der Waals surface area contributed by atoms with Crippen molar-refractivity contribution in [2.24, 2.45) is 0 Å². The van der Waals surface area contributed by atoms with Gasteiger partial charge < -0.3 is 5.11 Å². The molecule has 1 N–H and O–H groups in total. The van der Waals surface area contributed by atoms with Gasteiger partial charge in [0, 0.05) is 29.5 Å². The smallest absolute Gasteiger partial charge is 0.303 e. The predicted octanol–water partition coefficient (Wildman–Crippen LogP) is 5.95. The lowest BCUT2D eigenvalue weighted by atomic mass is 10.0. The molecule has 0 bridgehead atoms. The van der Waals surface area contributed by atoms with Crippen LogP contribution in [0.5, 0.6) is 0 Å². The van der Waals surface area contributed by atoms with Crippen LogP contribution in [0.25, 0.3) is 0 Å². The summed E-state index contributed by atoms with van der Waals surface area (Å²) in [5.74, 6) is -0.653. The number of aliphatic carboxylic acids is 1. The molecular weight excluding hydrogens is 273 g/mol. The molecule has 3 heteroatoms. The fraction of sp³-hybridized carbons (Fsp3) is 0.944. The Morgan fingerprint density at radius 3 is 1.19 bits per heavy atom. The molecule has 0 aromatic carbocycles. The van der Waals surface area contributed by atoms with Gasteiger partial charge in [0.1, 0.15) is 0 Å². The van der Waals surface area contributed by atoms with Gasteiger partial charge in [-0.1, -0.05) is 96.8 Å². The molecule has 122 valence electrons. The van der Waals surface area contributed by atoms with E-state index in [9.17, 15) is 4.79 Å². The highest BCUT2D eigenvalue weighted by atomic mass is 24.3. The van der Waals surface area contributed by atoms with Crippen molar-refractivity contribution in [1.29, 1.82) is 0 Å². The first-order chi connectivity index (χ1) is 9.77. The van der Waals surface area contributed by atoms with Gasteiger partial charge in [-0.05, 0) is 6.42 Å². The molecule has 0 aromatic rings. The molecule has 0 spiro atoms. The third-order valence-electron chi connectivity index (χ3n) is 3.99. The van der Waals surface area contributed by atoms with Crippen LogP contribution in [0.1, 0.15) is 110 Å². The van der Waals surface area contributed by atoms with Gasteiger partial charge in [0.05, 0.1) is 0 Å². The van der Waals surface area contributed by atoms with Crippen molar-refractivity contribution >= 4 is 29.0 Å². The lowest BCUT2D eigenvalue weighted by Crippen LogP contribution is -1.93. The molecule has 0 aliphatic rings. The van der Waals surface area contributed by atoms with Crippen LogP contribution in [0.2, 0.25) is 0 Å². The number of carbonyl (C=O) groups is 1. The molecule has 0 heterocycles. The quantitative estimate of drug-likeness (QED) is 0.282. The van der Waals surface area contributed by atoms with Gasteiger partial charge in [0.25, 0.3) is 0 Å². The summed E-state index contributed by atoms with van der Waals surface area (Å²) in [7, 11) is 0. The van der Waals surface area contributed by atoms with E-state index in [1.54, 1.807) is 0 Å². The Balaban J connectivity index is 0. The van der Waals surface area contributed by atoms with E-state index in [4.69, 9.17) is 5.11 Å². The zero-order valence-corrected chi connectivity index (χ0v) is 15.8. The molecule has 0 aliphatic carbocycles. The second-order valence-electron chi connectivity index (χ2n) is 6.09. The van der Waals surface area contributed by atoms with Crippen molar-refractivity contribution in [3.8, 4) is 0 Å². The molecule has 0 saturated heterocycles. The second-order valence-corrected chi connectivity index (χ2v) is 6.09. The van der Waals surface area contributed by atoms with Crippen LogP contribution < -0.4 is 0 Å². The SMILES string of the molecule is CCCCCCCCCCCCCCCCCC(=O)O.[Mg]. The lowest BCUT2D eigenvalue weighted by molar-refractivity contribution is -0.137. The van der Waals surface area contributed by atoms with E-state index in [1.165, 1.54) is 83.5 Å². The summed E-state index contributed by atoms with van der Waals surface area (Å²) in [5, 5.41) is 8.52. The first kappa shape index (κ1) is 23.5. The molecule has 0 atom stereocenters. The van der Waals surface area contributed by atoms with E-state index in [2.05, 4.69) is 6.92 Å². The van der Waals surface area contributed by atoms with Crippen LogP contribution in [0, 0.1) is 0 Å². The molecule has 0 aromatic heterocycles. The summed E-state index contributed by atoms with van der Waals surface area (Å²) in [5.41, 5.74) is 0. The average molecular weight is 309 g/mol. The fourth-order valence-corrected chi connectivity index (χ4v) is 2.65. The molecule has 0 rings (SSSR count). The maximum Gasteiger partial charge on any atom is 0.303 e. The highest BCUT2D eigenvalue weighted by molar-refractivity contribution is 5.75. The topological polar surface area (TPSA) is 37.3 Å². The zero-order valence-electron chi connectivity index (χ0n) is 14.4. The van der Waals surface area contributed by atoms with Gasteiger partial charge in [-0.15, -0.1) is 0 Å². The van der Waals surface area contributed by atoms with E-state index in [1.807, 2.05) is 0 Å². The second kappa shape index (κ2) is 20.2. The van der Waals surface area contributed by atoms with Gasteiger partial charge in [0.15, 0.2) is 0 Å². The van der Waals surface area contributed by atoms with Crippen molar-refractivity contribution in [1.82, 2.24) is 0 Å². The van der Waals surface area contributed by atoms with Crippen LogP contribution in [0.3, 0.4) is 0 Å². The van der Waals surface area contributed by atoms with Gasteiger partial charge >= 0.3 is 5.97 Å². The molecule has 0 amide bonds. The van der Waals surface area contributed by atoms with Crippen molar-refractivity contribution in [3.05, 3.63) is 0 Å². The zero-order chi connectivity index (χ0) is 14.9. The maximum atomic E-state index is 10.3. The third-order valence-corrected chi connectivity index (χ3v) is 3.99. The predicted molar refractivity (Wildman–Crippen MR) is 92.9 cm³/mol. The fourth-order valence-electron chi connectivity index (χ4n) is 2.65. The van der Waals surface area contributed by atoms with Crippen LogP contribution in [0.4, 0.5) is 0 Å². The Morgan fingerprint density at radius 1 is 0.619 bits per heavy atom. The number of rotatable bonds is 16. The normalized spacial score (nSPS) is 10.3. The Bertz CT molecular complexity index is 207. The lowest BCUT2D eigenvalue weighted by Gasteiger charge is -2.03. The summed E-state index contributed by atoms with van der Waals surface area (Å²) in [4.78, 5) is 10.3. The summed E-state index contributed by atoms with van der Waals surface area (Å²) in [6, 6.07) is 0. The van der Waals surface area contributed by atoms with Crippen molar-refractivity contribution in [2.75, 3.05) is 0 Å². The number of carboxylic acids is 1. The molecule has 2 radical (unpaired) electrons. The van der Waals surface area contributed by atoms with E-state index < -0.39 is 5.97 Å². The molecule has 21 heavy (non-hydrogen) atoms. The summed E-state index contributed by atoms with van der Waals surface area (Å²) in [6.07, 6.45) is 20.2. The Morgan fingerprint density at radius 2 is 0.905 bits per heavy atom. The number of carboxylic acid groups (broad SMARTS) is 1. The average Bonchev–Trinajstić information content (AvgIpc) is 2.43. The van der Waals surface area contributed by atoms with E-state index in [0.717, 1.165) is 12.8 Å². The van der Waals surface area contributed by atoms with Crippen LogP contribution in [-0.4, -0.2) is 34.1 Å². The van der Waals surface area contributed by atoms with Gasteiger partial charge in [-0.2, -0.15) is 0 Å². The van der Waals surface area contributed by atoms with Crippen LogP contribution in [-0.2, 0) is 4.79 Å². The first-order valence-electron chi connectivity index (χ1n) is 8.99. The third kappa shape index (κ3) is 22.7. The van der Waals surface area contributed by atoms with Gasteiger partial charge in [-0.25, -0.2) is 0 Å². The summed E-state index contributed by atoms with van der Waals surface area (Å²) >= 11 is 0. The van der Waals surface area contributed by atoms with Crippen molar-refractivity contribution < 1.29 is 9.90 Å². The van der Waals surface area contributed by atoms with E-state index in [0.29, 0.717) is 6.42 Å². The largest absolute Gasteiger partial charge is 0.481 e. The van der Waals surface area contributed by atoms with Gasteiger partial charge in [0.2, 0.25) is 0 Å². The highest BCUT2D eigenvalue weighted by Gasteiger charge is 1.97. The molecule has 0 saturated carbocycles. The number of hydrogen-bond acceptors (Lipinski definition) is 1. The molecular formula is C18H36MgO2. The maximum absolute atomic E-state index is 10.3. The standard InChI is InChI=1S/C18H36O2.Mg/c1-2-3-4-5-6-7-8-9-10-11-12-13-14-15-16-17-18(19)20;/h2-17H2,1H3,(H,19,20);. The van der Waals surface area contributed by atoms with Crippen LogP contribution >= 0.6 is 0 Å². The summed E-state index contributed by atoms with van der Waals surface area (Å²) < 4.78 is 0.